The van der Waals surface area contributed by atoms with Gasteiger partial charge in [0.25, 0.3) is 5.91 Å². The van der Waals surface area contributed by atoms with Crippen molar-refractivity contribution in [2.75, 3.05) is 13.2 Å². The number of aliphatic hydroxyl groups excluding tert-OH is 1. The van der Waals surface area contributed by atoms with Gasteiger partial charge >= 0.3 is 0 Å². The molecule has 0 unspecified atom stereocenters. The predicted octanol–water partition coefficient (Wildman–Crippen LogP) is 2.44. The van der Waals surface area contributed by atoms with Gasteiger partial charge in [-0.15, -0.1) is 0 Å². The van der Waals surface area contributed by atoms with E-state index in [1.807, 2.05) is 47.4 Å². The van der Waals surface area contributed by atoms with E-state index in [4.69, 9.17) is 0 Å². The number of amides is 1. The number of carbonyl (C=O) groups is 1. The number of benzene rings is 2. The first-order valence-electron chi connectivity index (χ1n) is 6.71. The number of likely N-dealkylation sites (tertiary alicyclic amines) is 1. The number of fused-ring (bicyclic) bond motifs is 1. The van der Waals surface area contributed by atoms with E-state index in [9.17, 15) is 9.90 Å². The summed E-state index contributed by atoms with van der Waals surface area (Å²) >= 11 is 0. The average Bonchev–Trinajstić information content (AvgIpc) is 2.94. The van der Waals surface area contributed by atoms with Gasteiger partial charge in [0.1, 0.15) is 0 Å². The Bertz CT molecular complexity index is 603. The third-order valence-corrected chi connectivity index (χ3v) is 3.87. The van der Waals surface area contributed by atoms with Gasteiger partial charge in [-0.2, -0.15) is 0 Å². The topological polar surface area (TPSA) is 40.5 Å². The molecule has 1 atom stereocenters. The summed E-state index contributed by atoms with van der Waals surface area (Å²) in [4.78, 5) is 14.5. The summed E-state index contributed by atoms with van der Waals surface area (Å²) in [5.74, 6) is 0.0355. The number of nitrogens with zero attached hydrogens (tertiary/aromatic N) is 1. The van der Waals surface area contributed by atoms with Gasteiger partial charge in [0.2, 0.25) is 0 Å². The molecule has 0 spiro atoms. The number of aliphatic hydroxyl groups is 1. The molecule has 3 rings (SSSR count). The quantitative estimate of drug-likeness (QED) is 0.895. The van der Waals surface area contributed by atoms with Crippen LogP contribution in [0.4, 0.5) is 0 Å². The highest BCUT2D eigenvalue weighted by atomic mass is 16.3. The summed E-state index contributed by atoms with van der Waals surface area (Å²) in [6, 6.07) is 13.7. The molecule has 19 heavy (non-hydrogen) atoms. The summed E-state index contributed by atoms with van der Waals surface area (Å²) in [5, 5.41) is 11.4. The van der Waals surface area contributed by atoms with Crippen LogP contribution < -0.4 is 0 Å². The second-order valence-corrected chi connectivity index (χ2v) is 5.00. The molecule has 0 aromatic heterocycles. The first kappa shape index (κ1) is 12.2. The summed E-state index contributed by atoms with van der Waals surface area (Å²) in [6.45, 7) is 0.795. The molecule has 3 nitrogen and oxygen atoms in total. The van der Waals surface area contributed by atoms with Crippen molar-refractivity contribution in [1.82, 2.24) is 4.90 Å². The van der Waals surface area contributed by atoms with Gasteiger partial charge in [0, 0.05) is 12.1 Å². The molecule has 1 fully saturated rings. The van der Waals surface area contributed by atoms with Crippen LogP contribution in [0.2, 0.25) is 0 Å². The highest BCUT2D eigenvalue weighted by Gasteiger charge is 2.29. The lowest BCUT2D eigenvalue weighted by molar-refractivity contribution is 0.0679. The lowest BCUT2D eigenvalue weighted by Crippen LogP contribution is -2.37. The summed E-state index contributed by atoms with van der Waals surface area (Å²) in [5.41, 5.74) is 0.735. The molecular weight excluding hydrogens is 238 g/mol. The van der Waals surface area contributed by atoms with Crippen LogP contribution in [0.15, 0.2) is 42.5 Å². The minimum atomic E-state index is -0.0218. The molecule has 98 valence electrons. The normalized spacial score (nSPS) is 19.0. The molecule has 1 amide bonds. The van der Waals surface area contributed by atoms with E-state index in [0.29, 0.717) is 0 Å². The largest absolute Gasteiger partial charge is 0.394 e. The number of rotatable bonds is 2. The maximum Gasteiger partial charge on any atom is 0.254 e. The van der Waals surface area contributed by atoms with Crippen molar-refractivity contribution in [2.45, 2.75) is 18.9 Å². The van der Waals surface area contributed by atoms with Gasteiger partial charge in [0.15, 0.2) is 0 Å². The smallest absolute Gasteiger partial charge is 0.254 e. The second-order valence-electron chi connectivity index (χ2n) is 5.00. The third kappa shape index (κ3) is 2.10. The lowest BCUT2D eigenvalue weighted by Gasteiger charge is -2.23. The van der Waals surface area contributed by atoms with Crippen LogP contribution in [0.3, 0.4) is 0 Å². The van der Waals surface area contributed by atoms with E-state index in [0.717, 1.165) is 35.7 Å². The minimum absolute atomic E-state index is 0.0218. The summed E-state index contributed by atoms with van der Waals surface area (Å²) < 4.78 is 0. The Morgan fingerprint density at radius 3 is 2.84 bits per heavy atom. The zero-order valence-corrected chi connectivity index (χ0v) is 10.7. The zero-order valence-electron chi connectivity index (χ0n) is 10.7. The predicted molar refractivity (Wildman–Crippen MR) is 75.1 cm³/mol. The molecule has 2 aromatic carbocycles. The van der Waals surface area contributed by atoms with E-state index in [1.165, 1.54) is 0 Å². The molecule has 1 aliphatic heterocycles. The number of carbonyl (C=O) groups excluding carboxylic acids is 1. The Labute approximate surface area is 112 Å². The summed E-state index contributed by atoms with van der Waals surface area (Å²) in [6.07, 6.45) is 1.87. The SMILES string of the molecule is O=C(c1cccc2ccccc12)N1CCC[C@H]1CO. The second kappa shape index (κ2) is 5.02. The fourth-order valence-electron chi connectivity index (χ4n) is 2.86. The highest BCUT2D eigenvalue weighted by Crippen LogP contribution is 2.24. The van der Waals surface area contributed by atoms with Gasteiger partial charge < -0.3 is 10.0 Å². The van der Waals surface area contributed by atoms with Crippen LogP contribution in [-0.4, -0.2) is 35.1 Å². The van der Waals surface area contributed by atoms with Crippen LogP contribution in [0.25, 0.3) is 10.8 Å². The lowest BCUT2D eigenvalue weighted by atomic mass is 10.0. The molecule has 0 saturated carbocycles. The van der Waals surface area contributed by atoms with E-state index >= 15 is 0 Å². The fraction of sp³-hybridized carbons (Fsp3) is 0.312. The highest BCUT2D eigenvalue weighted by molar-refractivity contribution is 6.07. The van der Waals surface area contributed by atoms with Crippen LogP contribution in [0.5, 0.6) is 0 Å². The number of hydrogen-bond acceptors (Lipinski definition) is 2. The fourth-order valence-corrected chi connectivity index (χ4v) is 2.86. The van der Waals surface area contributed by atoms with E-state index in [2.05, 4.69) is 0 Å². The van der Waals surface area contributed by atoms with Crippen LogP contribution in [0, 0.1) is 0 Å². The summed E-state index contributed by atoms with van der Waals surface area (Å²) in [7, 11) is 0. The van der Waals surface area contributed by atoms with Crippen molar-refractivity contribution in [2.24, 2.45) is 0 Å². The third-order valence-electron chi connectivity index (χ3n) is 3.87. The van der Waals surface area contributed by atoms with Crippen molar-refractivity contribution in [3.8, 4) is 0 Å². The zero-order chi connectivity index (χ0) is 13.2. The van der Waals surface area contributed by atoms with Crippen LogP contribution in [0.1, 0.15) is 23.2 Å². The Morgan fingerprint density at radius 2 is 2.00 bits per heavy atom. The molecule has 0 radical (unpaired) electrons. The van der Waals surface area contributed by atoms with Crippen molar-refractivity contribution < 1.29 is 9.90 Å². The van der Waals surface area contributed by atoms with Crippen molar-refractivity contribution in [3.63, 3.8) is 0 Å². The first-order chi connectivity index (χ1) is 9.31. The number of hydrogen-bond donors (Lipinski definition) is 1. The molecule has 0 aliphatic carbocycles. The van der Waals surface area contributed by atoms with E-state index < -0.39 is 0 Å². The molecule has 2 aromatic rings. The Balaban J connectivity index is 2.02. The molecule has 1 N–H and O–H groups in total. The maximum absolute atomic E-state index is 12.6. The Morgan fingerprint density at radius 1 is 1.21 bits per heavy atom. The van der Waals surface area contributed by atoms with Gasteiger partial charge in [-0.05, 0) is 29.7 Å². The van der Waals surface area contributed by atoms with E-state index in [-0.39, 0.29) is 18.6 Å². The van der Waals surface area contributed by atoms with Crippen LogP contribution in [-0.2, 0) is 0 Å². The molecule has 0 bridgehead atoms. The van der Waals surface area contributed by atoms with Gasteiger partial charge in [0.05, 0.1) is 12.6 Å². The minimum Gasteiger partial charge on any atom is -0.394 e. The van der Waals surface area contributed by atoms with Crippen molar-refractivity contribution >= 4 is 16.7 Å². The van der Waals surface area contributed by atoms with E-state index in [1.54, 1.807) is 0 Å². The first-order valence-corrected chi connectivity index (χ1v) is 6.71. The van der Waals surface area contributed by atoms with Crippen molar-refractivity contribution in [3.05, 3.63) is 48.0 Å². The van der Waals surface area contributed by atoms with Crippen molar-refractivity contribution in [1.29, 1.82) is 0 Å². The van der Waals surface area contributed by atoms with Gasteiger partial charge in [-0.25, -0.2) is 0 Å². The van der Waals surface area contributed by atoms with Gasteiger partial charge in [-0.3, -0.25) is 4.79 Å². The molecule has 1 aliphatic rings. The molecule has 1 heterocycles. The Kier molecular flexibility index (Phi) is 3.22. The van der Waals surface area contributed by atoms with Gasteiger partial charge in [-0.1, -0.05) is 36.4 Å². The maximum atomic E-state index is 12.6. The molecule has 1 saturated heterocycles. The van der Waals surface area contributed by atoms with Crippen LogP contribution >= 0.6 is 0 Å². The Hall–Kier alpha value is -1.87. The molecule has 3 heteroatoms. The average molecular weight is 255 g/mol. The standard InChI is InChI=1S/C16H17NO2/c18-11-13-7-4-10-17(13)16(19)15-9-3-6-12-5-1-2-8-14(12)15/h1-3,5-6,8-9,13,18H,4,7,10-11H2/t13-/m0/s1. The monoisotopic (exact) mass is 255 g/mol. The molecular formula is C16H17NO2.